The Morgan fingerprint density at radius 3 is 2.71 bits per heavy atom. The highest BCUT2D eigenvalue weighted by atomic mass is 32.2. The lowest BCUT2D eigenvalue weighted by molar-refractivity contribution is -0.118. The Hall–Kier alpha value is -1.27. The lowest BCUT2D eigenvalue weighted by Crippen LogP contribution is -2.31. The maximum Gasteiger partial charge on any atom is 0.230 e. The van der Waals surface area contributed by atoms with Crippen molar-refractivity contribution in [2.75, 3.05) is 32.0 Å². The highest BCUT2D eigenvalue weighted by Gasteiger charge is 2.15. The first-order valence-electron chi connectivity index (χ1n) is 7.12. The summed E-state index contributed by atoms with van der Waals surface area (Å²) < 4.78 is 6.34. The molecule has 114 valence electrons. The minimum Gasteiger partial charge on any atom is -0.492 e. The minimum absolute atomic E-state index is 0.00166. The lowest BCUT2D eigenvalue weighted by atomic mass is 10.3. The fourth-order valence-corrected chi connectivity index (χ4v) is 3.13. The Morgan fingerprint density at radius 2 is 2.00 bits per heavy atom. The molecule has 1 amide bonds. The van der Waals surface area contributed by atoms with Crippen LogP contribution in [0.1, 0.15) is 12.8 Å². The largest absolute Gasteiger partial charge is 0.492 e. The van der Waals surface area contributed by atoms with Crippen molar-refractivity contribution in [3.63, 3.8) is 0 Å². The molecule has 1 aromatic rings. The molecule has 1 N–H and O–H groups in total. The Balaban J connectivity index is 1.54. The number of likely N-dealkylation sites (tertiary alicyclic amines) is 1. The monoisotopic (exact) mass is 324 g/mol. The molecule has 21 heavy (non-hydrogen) atoms. The number of nitrogens with one attached hydrogen (secondary N) is 1. The van der Waals surface area contributed by atoms with Gasteiger partial charge in [-0.15, -0.1) is 0 Å². The molecule has 1 aliphatic heterocycles. The molecule has 2 rings (SSSR count). The second-order valence-electron chi connectivity index (χ2n) is 4.76. The molecule has 1 saturated heterocycles. The van der Waals surface area contributed by atoms with E-state index in [-0.39, 0.29) is 5.91 Å². The zero-order chi connectivity index (χ0) is 14.9. The van der Waals surface area contributed by atoms with Gasteiger partial charge in [0, 0.05) is 13.1 Å². The molecular weight excluding hydrogens is 304 g/mol. The van der Waals surface area contributed by atoms with Crippen molar-refractivity contribution >= 4 is 34.2 Å². The molecule has 0 aliphatic carbocycles. The van der Waals surface area contributed by atoms with Crippen LogP contribution in [0.3, 0.4) is 0 Å². The Bertz CT molecular complexity index is 462. The van der Waals surface area contributed by atoms with Crippen LogP contribution in [0.15, 0.2) is 30.3 Å². The molecule has 0 bridgehead atoms. The highest BCUT2D eigenvalue weighted by Crippen LogP contribution is 2.15. The third kappa shape index (κ3) is 5.93. The molecule has 0 saturated carbocycles. The molecule has 0 aromatic heterocycles. The van der Waals surface area contributed by atoms with Crippen molar-refractivity contribution in [2.24, 2.45) is 0 Å². The standard InChI is InChI=1S/C15H20N2O2S2/c18-14(12-21-15(20)17-9-4-5-10-17)16-8-11-19-13-6-2-1-3-7-13/h1-3,6-7H,4-5,8-12H2,(H,16,18). The van der Waals surface area contributed by atoms with E-state index in [0.29, 0.717) is 18.9 Å². The van der Waals surface area contributed by atoms with Crippen molar-refractivity contribution in [3.05, 3.63) is 30.3 Å². The van der Waals surface area contributed by atoms with E-state index in [2.05, 4.69) is 10.2 Å². The number of rotatable bonds is 6. The van der Waals surface area contributed by atoms with E-state index >= 15 is 0 Å². The van der Waals surface area contributed by atoms with Gasteiger partial charge in [0.25, 0.3) is 0 Å². The summed E-state index contributed by atoms with van der Waals surface area (Å²) in [5, 5.41) is 2.84. The number of amides is 1. The van der Waals surface area contributed by atoms with E-state index in [1.165, 1.54) is 24.6 Å². The number of thioether (sulfide) groups is 1. The second kappa shape index (κ2) is 8.89. The van der Waals surface area contributed by atoms with Gasteiger partial charge in [0.15, 0.2) is 0 Å². The van der Waals surface area contributed by atoms with Crippen molar-refractivity contribution in [1.29, 1.82) is 0 Å². The predicted molar refractivity (Wildman–Crippen MR) is 90.8 cm³/mol. The van der Waals surface area contributed by atoms with Crippen molar-refractivity contribution in [2.45, 2.75) is 12.8 Å². The molecule has 0 spiro atoms. The van der Waals surface area contributed by atoms with Gasteiger partial charge in [-0.3, -0.25) is 4.79 Å². The smallest absolute Gasteiger partial charge is 0.230 e. The highest BCUT2D eigenvalue weighted by molar-refractivity contribution is 8.23. The molecule has 6 heteroatoms. The second-order valence-corrected chi connectivity index (χ2v) is 6.37. The van der Waals surface area contributed by atoms with Crippen LogP contribution in [-0.4, -0.2) is 47.1 Å². The summed E-state index contributed by atoms with van der Waals surface area (Å²) in [6.07, 6.45) is 2.40. The summed E-state index contributed by atoms with van der Waals surface area (Å²) in [6, 6.07) is 9.57. The maximum absolute atomic E-state index is 11.7. The molecule has 1 aliphatic rings. The Labute approximate surface area is 135 Å². The van der Waals surface area contributed by atoms with Gasteiger partial charge in [-0.2, -0.15) is 0 Å². The zero-order valence-corrected chi connectivity index (χ0v) is 13.5. The summed E-state index contributed by atoms with van der Waals surface area (Å²) in [5.41, 5.74) is 0. The van der Waals surface area contributed by atoms with Crippen LogP contribution in [0.4, 0.5) is 0 Å². The third-order valence-corrected chi connectivity index (χ3v) is 4.65. The van der Waals surface area contributed by atoms with Gasteiger partial charge in [0.05, 0.1) is 12.3 Å². The Kier molecular flexibility index (Phi) is 6.82. The zero-order valence-electron chi connectivity index (χ0n) is 11.9. The molecule has 0 radical (unpaired) electrons. The first-order chi connectivity index (χ1) is 10.3. The van der Waals surface area contributed by atoms with E-state index in [4.69, 9.17) is 17.0 Å². The number of hydrogen-bond donors (Lipinski definition) is 1. The first kappa shape index (κ1) is 16.1. The van der Waals surface area contributed by atoms with Gasteiger partial charge in [0.2, 0.25) is 5.91 Å². The van der Waals surface area contributed by atoms with Gasteiger partial charge in [-0.1, -0.05) is 42.2 Å². The van der Waals surface area contributed by atoms with Crippen LogP contribution in [0, 0.1) is 0 Å². The van der Waals surface area contributed by atoms with Crippen LogP contribution >= 0.6 is 24.0 Å². The van der Waals surface area contributed by atoms with E-state index in [0.717, 1.165) is 23.2 Å². The van der Waals surface area contributed by atoms with Crippen LogP contribution < -0.4 is 10.1 Å². The number of carbonyl (C=O) groups excluding carboxylic acids is 1. The van der Waals surface area contributed by atoms with Gasteiger partial charge in [-0.05, 0) is 25.0 Å². The number of ether oxygens (including phenoxy) is 1. The summed E-state index contributed by atoms with van der Waals surface area (Å²) in [5.74, 6) is 1.19. The van der Waals surface area contributed by atoms with E-state index < -0.39 is 0 Å². The molecule has 0 atom stereocenters. The average Bonchev–Trinajstić information content (AvgIpc) is 3.05. The lowest BCUT2D eigenvalue weighted by Gasteiger charge is -2.17. The Morgan fingerprint density at radius 1 is 1.29 bits per heavy atom. The number of para-hydroxylation sites is 1. The fourth-order valence-electron chi connectivity index (χ4n) is 2.05. The quantitative estimate of drug-likeness (QED) is 0.642. The normalized spacial score (nSPS) is 14.0. The summed E-state index contributed by atoms with van der Waals surface area (Å²) in [4.78, 5) is 13.9. The number of thiocarbonyl (C=S) groups is 1. The fraction of sp³-hybridized carbons (Fsp3) is 0.467. The van der Waals surface area contributed by atoms with Crippen LogP contribution in [0.5, 0.6) is 5.75 Å². The maximum atomic E-state index is 11.7. The van der Waals surface area contributed by atoms with Crippen molar-refractivity contribution in [1.82, 2.24) is 10.2 Å². The number of nitrogens with zero attached hydrogens (tertiary/aromatic N) is 1. The average molecular weight is 324 g/mol. The van der Waals surface area contributed by atoms with Crippen LogP contribution in [0.2, 0.25) is 0 Å². The van der Waals surface area contributed by atoms with Crippen molar-refractivity contribution < 1.29 is 9.53 Å². The van der Waals surface area contributed by atoms with Crippen LogP contribution in [0.25, 0.3) is 0 Å². The van der Waals surface area contributed by atoms with Gasteiger partial charge < -0.3 is 15.0 Å². The SMILES string of the molecule is O=C(CSC(=S)N1CCCC1)NCCOc1ccccc1. The minimum atomic E-state index is -0.00166. The van der Waals surface area contributed by atoms with Gasteiger partial charge >= 0.3 is 0 Å². The number of hydrogen-bond acceptors (Lipinski definition) is 4. The molecule has 0 unspecified atom stereocenters. The summed E-state index contributed by atoms with van der Waals surface area (Å²) >= 11 is 6.76. The van der Waals surface area contributed by atoms with E-state index in [1.807, 2.05) is 30.3 Å². The number of benzene rings is 1. The van der Waals surface area contributed by atoms with Gasteiger partial charge in [0.1, 0.15) is 16.7 Å². The molecule has 1 heterocycles. The molecule has 1 fully saturated rings. The topological polar surface area (TPSA) is 41.6 Å². The molecule has 4 nitrogen and oxygen atoms in total. The summed E-state index contributed by atoms with van der Waals surface area (Å²) in [7, 11) is 0. The predicted octanol–water partition coefficient (Wildman–Crippen LogP) is 2.30. The molecular formula is C15H20N2O2S2. The number of carbonyl (C=O) groups is 1. The molecule has 1 aromatic carbocycles. The first-order valence-corrected chi connectivity index (χ1v) is 8.51. The summed E-state index contributed by atoms with van der Waals surface area (Å²) in [6.45, 7) is 3.03. The van der Waals surface area contributed by atoms with Gasteiger partial charge in [-0.25, -0.2) is 0 Å². The van der Waals surface area contributed by atoms with E-state index in [1.54, 1.807) is 0 Å². The van der Waals surface area contributed by atoms with Crippen molar-refractivity contribution in [3.8, 4) is 5.75 Å². The van der Waals surface area contributed by atoms with E-state index in [9.17, 15) is 4.79 Å². The van der Waals surface area contributed by atoms with Crippen LogP contribution in [-0.2, 0) is 4.79 Å². The third-order valence-electron chi connectivity index (χ3n) is 3.13.